The highest BCUT2D eigenvalue weighted by Crippen LogP contribution is 2.22. The van der Waals surface area contributed by atoms with E-state index in [4.69, 9.17) is 4.74 Å². The van der Waals surface area contributed by atoms with Gasteiger partial charge in [-0.05, 0) is 49.9 Å². The number of hydrogen-bond acceptors (Lipinski definition) is 5. The number of esters is 1. The van der Waals surface area contributed by atoms with Crippen LogP contribution in [0.4, 0.5) is 0 Å². The Morgan fingerprint density at radius 2 is 2.00 bits per heavy atom. The van der Waals surface area contributed by atoms with Gasteiger partial charge < -0.3 is 4.74 Å². The van der Waals surface area contributed by atoms with E-state index in [2.05, 4.69) is 5.10 Å². The van der Waals surface area contributed by atoms with Crippen LogP contribution in [-0.4, -0.2) is 35.7 Å². The number of aryl methyl sites for hydroxylation is 2. The van der Waals surface area contributed by atoms with Crippen LogP contribution in [0, 0.1) is 19.8 Å². The topological polar surface area (TPSA) is 78.3 Å². The van der Waals surface area contributed by atoms with Gasteiger partial charge in [0.1, 0.15) is 6.61 Å². The van der Waals surface area contributed by atoms with Gasteiger partial charge in [-0.25, -0.2) is 13.1 Å². The second kappa shape index (κ2) is 7.00. The van der Waals surface area contributed by atoms with Gasteiger partial charge in [0.15, 0.2) is 9.84 Å². The molecule has 0 amide bonds. The molecule has 1 atom stereocenters. The molecule has 1 fully saturated rings. The van der Waals surface area contributed by atoms with Gasteiger partial charge in [-0.3, -0.25) is 4.79 Å². The SMILES string of the molecule is Cc1cc(C)n(-c2ccc(COC(=O)C[C@H]3CCS(=O)(=O)C3)cc2)n1. The van der Waals surface area contributed by atoms with E-state index in [1.807, 2.05) is 48.9 Å². The minimum atomic E-state index is -2.96. The van der Waals surface area contributed by atoms with Crippen molar-refractivity contribution < 1.29 is 17.9 Å². The van der Waals surface area contributed by atoms with Crippen molar-refractivity contribution in [3.8, 4) is 5.69 Å². The first-order chi connectivity index (χ1) is 11.8. The van der Waals surface area contributed by atoms with Gasteiger partial charge in [-0.1, -0.05) is 12.1 Å². The molecule has 0 bridgehead atoms. The fourth-order valence-corrected chi connectivity index (χ4v) is 4.98. The lowest BCUT2D eigenvalue weighted by atomic mass is 10.1. The van der Waals surface area contributed by atoms with Crippen LogP contribution in [0.3, 0.4) is 0 Å². The quantitative estimate of drug-likeness (QED) is 0.763. The first-order valence-corrected chi connectivity index (χ1v) is 10.1. The fraction of sp³-hybridized carbons (Fsp3) is 0.444. The lowest BCUT2D eigenvalue weighted by Gasteiger charge is -2.09. The Kier molecular flexibility index (Phi) is 4.94. The number of rotatable bonds is 5. The van der Waals surface area contributed by atoms with Crippen LogP contribution >= 0.6 is 0 Å². The van der Waals surface area contributed by atoms with E-state index in [9.17, 15) is 13.2 Å². The number of carbonyl (C=O) groups excluding carboxylic acids is 1. The standard InChI is InChI=1S/C18H22N2O4S/c1-13-9-14(2)20(19-13)17-5-3-15(4-6-17)11-24-18(21)10-16-7-8-25(22,23)12-16/h3-6,9,16H,7-8,10-12H2,1-2H3/t16-/m1/s1. The van der Waals surface area contributed by atoms with E-state index < -0.39 is 9.84 Å². The average molecular weight is 362 g/mol. The molecule has 2 heterocycles. The molecule has 0 radical (unpaired) electrons. The van der Waals surface area contributed by atoms with Crippen molar-refractivity contribution in [2.75, 3.05) is 11.5 Å². The minimum absolute atomic E-state index is 0.0967. The summed E-state index contributed by atoms with van der Waals surface area (Å²) in [5, 5.41) is 4.44. The summed E-state index contributed by atoms with van der Waals surface area (Å²) in [5.74, 6) is -0.173. The third-order valence-corrected chi connectivity index (χ3v) is 6.21. The molecular formula is C18H22N2O4S. The molecule has 1 saturated heterocycles. The summed E-state index contributed by atoms with van der Waals surface area (Å²) in [6.45, 7) is 4.14. The second-order valence-electron chi connectivity index (χ2n) is 6.64. The Hall–Kier alpha value is -2.15. The van der Waals surface area contributed by atoms with Crippen molar-refractivity contribution in [3.05, 3.63) is 47.3 Å². The Morgan fingerprint density at radius 1 is 1.28 bits per heavy atom. The molecule has 7 heteroatoms. The van der Waals surface area contributed by atoms with E-state index in [0.29, 0.717) is 6.42 Å². The predicted molar refractivity (Wildman–Crippen MR) is 94.2 cm³/mol. The zero-order valence-corrected chi connectivity index (χ0v) is 15.3. The van der Waals surface area contributed by atoms with Crippen molar-refractivity contribution in [2.45, 2.75) is 33.3 Å². The molecule has 0 saturated carbocycles. The molecule has 0 spiro atoms. The molecule has 1 aliphatic heterocycles. The van der Waals surface area contributed by atoms with E-state index >= 15 is 0 Å². The Bertz CT molecular complexity index is 869. The highest BCUT2D eigenvalue weighted by molar-refractivity contribution is 7.91. The van der Waals surface area contributed by atoms with E-state index in [-0.39, 0.29) is 36.4 Å². The maximum atomic E-state index is 11.9. The van der Waals surface area contributed by atoms with Crippen molar-refractivity contribution in [3.63, 3.8) is 0 Å². The molecule has 2 aromatic rings. The molecule has 1 aromatic carbocycles. The molecule has 25 heavy (non-hydrogen) atoms. The third-order valence-electron chi connectivity index (χ3n) is 4.37. The van der Waals surface area contributed by atoms with Crippen molar-refractivity contribution in [1.82, 2.24) is 9.78 Å². The van der Waals surface area contributed by atoms with Gasteiger partial charge in [-0.15, -0.1) is 0 Å². The minimum Gasteiger partial charge on any atom is -0.461 e. The van der Waals surface area contributed by atoms with Crippen LogP contribution in [0.5, 0.6) is 0 Å². The van der Waals surface area contributed by atoms with Crippen LogP contribution < -0.4 is 0 Å². The predicted octanol–water partition coefficient (Wildman–Crippen LogP) is 2.36. The number of sulfone groups is 1. The summed E-state index contributed by atoms with van der Waals surface area (Å²) in [7, 11) is -2.96. The monoisotopic (exact) mass is 362 g/mol. The molecule has 0 aliphatic carbocycles. The van der Waals surface area contributed by atoms with Gasteiger partial charge in [0.25, 0.3) is 0 Å². The first kappa shape index (κ1) is 17.7. The number of nitrogens with zero attached hydrogens (tertiary/aromatic N) is 2. The second-order valence-corrected chi connectivity index (χ2v) is 8.87. The van der Waals surface area contributed by atoms with Crippen LogP contribution in [0.25, 0.3) is 5.69 Å². The number of ether oxygens (including phenoxy) is 1. The molecule has 0 unspecified atom stereocenters. The Labute approximate surface area is 147 Å². The summed E-state index contributed by atoms with van der Waals surface area (Å²) in [6, 6.07) is 9.69. The van der Waals surface area contributed by atoms with Crippen LogP contribution in [0.1, 0.15) is 29.8 Å². The Morgan fingerprint density at radius 3 is 2.56 bits per heavy atom. The smallest absolute Gasteiger partial charge is 0.306 e. The summed E-state index contributed by atoms with van der Waals surface area (Å²) < 4.78 is 30.0. The van der Waals surface area contributed by atoms with Crippen molar-refractivity contribution in [2.24, 2.45) is 5.92 Å². The van der Waals surface area contributed by atoms with Gasteiger partial charge in [0, 0.05) is 12.1 Å². The third kappa shape index (κ3) is 4.48. The van der Waals surface area contributed by atoms with E-state index in [1.165, 1.54) is 0 Å². The molecule has 3 rings (SSSR count). The summed E-state index contributed by atoms with van der Waals surface area (Å²) in [5.41, 5.74) is 3.86. The number of aromatic nitrogens is 2. The lowest BCUT2D eigenvalue weighted by Crippen LogP contribution is -2.13. The molecule has 134 valence electrons. The Balaban J connectivity index is 1.53. The number of hydrogen-bond donors (Lipinski definition) is 0. The van der Waals surface area contributed by atoms with Crippen LogP contribution in [-0.2, 0) is 26.0 Å². The van der Waals surface area contributed by atoms with Crippen molar-refractivity contribution >= 4 is 15.8 Å². The summed E-state index contributed by atoms with van der Waals surface area (Å²) in [6.07, 6.45) is 0.720. The molecule has 0 N–H and O–H groups in total. The number of benzene rings is 1. The van der Waals surface area contributed by atoms with Gasteiger partial charge in [-0.2, -0.15) is 5.10 Å². The molecule has 1 aromatic heterocycles. The molecular weight excluding hydrogens is 340 g/mol. The summed E-state index contributed by atoms with van der Waals surface area (Å²) >= 11 is 0. The van der Waals surface area contributed by atoms with Gasteiger partial charge in [0.2, 0.25) is 0 Å². The molecule has 1 aliphatic rings. The number of carbonyl (C=O) groups is 1. The highest BCUT2D eigenvalue weighted by atomic mass is 32.2. The zero-order chi connectivity index (χ0) is 18.0. The largest absolute Gasteiger partial charge is 0.461 e. The zero-order valence-electron chi connectivity index (χ0n) is 14.4. The van der Waals surface area contributed by atoms with Gasteiger partial charge >= 0.3 is 5.97 Å². The maximum Gasteiger partial charge on any atom is 0.306 e. The first-order valence-electron chi connectivity index (χ1n) is 8.31. The van der Waals surface area contributed by atoms with Gasteiger partial charge in [0.05, 0.1) is 22.9 Å². The van der Waals surface area contributed by atoms with Crippen LogP contribution in [0.2, 0.25) is 0 Å². The summed E-state index contributed by atoms with van der Waals surface area (Å²) in [4.78, 5) is 11.9. The highest BCUT2D eigenvalue weighted by Gasteiger charge is 2.29. The van der Waals surface area contributed by atoms with Crippen molar-refractivity contribution in [1.29, 1.82) is 0 Å². The van der Waals surface area contributed by atoms with E-state index in [0.717, 1.165) is 22.6 Å². The van der Waals surface area contributed by atoms with E-state index in [1.54, 1.807) is 0 Å². The molecule has 6 nitrogen and oxygen atoms in total. The normalized spacial score (nSPS) is 19.0. The van der Waals surface area contributed by atoms with Crippen LogP contribution in [0.15, 0.2) is 30.3 Å². The lowest BCUT2D eigenvalue weighted by molar-refractivity contribution is -0.145. The average Bonchev–Trinajstić information content (AvgIpc) is 3.07. The maximum absolute atomic E-state index is 11.9. The fourth-order valence-electron chi connectivity index (χ4n) is 3.12.